The normalized spacial score (nSPS) is 20.9. The number of likely N-dealkylation sites (tertiary alicyclic amines) is 1. The molecule has 1 atom stereocenters. The zero-order chi connectivity index (χ0) is 12.7. The van der Waals surface area contributed by atoms with Gasteiger partial charge in [0.05, 0.1) is 11.0 Å². The monoisotopic (exact) mass is 244 g/mol. The van der Waals surface area contributed by atoms with E-state index in [0.29, 0.717) is 6.04 Å². The first kappa shape index (κ1) is 11.5. The number of aryl methyl sites for hydroxylation is 1. The molecule has 0 radical (unpaired) electrons. The Bertz CT molecular complexity index is 572. The SMILES string of the molecule is CCc1nc2cc(N)ccc2n1C1CCN(C)C1. The zero-order valence-corrected chi connectivity index (χ0v) is 11.1. The number of rotatable bonds is 2. The molecule has 3 rings (SSSR count). The summed E-state index contributed by atoms with van der Waals surface area (Å²) in [4.78, 5) is 7.11. The van der Waals surface area contributed by atoms with Gasteiger partial charge in [-0.25, -0.2) is 4.98 Å². The average molecular weight is 244 g/mol. The quantitative estimate of drug-likeness (QED) is 0.823. The summed E-state index contributed by atoms with van der Waals surface area (Å²) in [5.41, 5.74) is 8.89. The molecule has 4 nitrogen and oxygen atoms in total. The van der Waals surface area contributed by atoms with Crippen LogP contribution in [0, 0.1) is 0 Å². The van der Waals surface area contributed by atoms with Crippen molar-refractivity contribution >= 4 is 16.7 Å². The topological polar surface area (TPSA) is 47.1 Å². The van der Waals surface area contributed by atoms with Gasteiger partial charge in [0.1, 0.15) is 5.82 Å². The van der Waals surface area contributed by atoms with Crippen LogP contribution >= 0.6 is 0 Å². The summed E-state index contributed by atoms with van der Waals surface area (Å²) in [7, 11) is 2.18. The molecule has 0 aliphatic carbocycles. The van der Waals surface area contributed by atoms with E-state index >= 15 is 0 Å². The molecule has 1 fully saturated rings. The van der Waals surface area contributed by atoms with Gasteiger partial charge in [-0.15, -0.1) is 0 Å². The maximum absolute atomic E-state index is 5.84. The van der Waals surface area contributed by atoms with Crippen molar-refractivity contribution in [2.24, 2.45) is 0 Å². The molecule has 0 spiro atoms. The number of hydrogen-bond donors (Lipinski definition) is 1. The van der Waals surface area contributed by atoms with Gasteiger partial charge in [0.25, 0.3) is 0 Å². The van der Waals surface area contributed by atoms with Crippen molar-refractivity contribution in [1.29, 1.82) is 0 Å². The molecular weight excluding hydrogens is 224 g/mol. The Morgan fingerprint density at radius 1 is 1.44 bits per heavy atom. The number of nitrogen functional groups attached to an aromatic ring is 1. The summed E-state index contributed by atoms with van der Waals surface area (Å²) >= 11 is 0. The lowest BCUT2D eigenvalue weighted by Gasteiger charge is -2.16. The van der Waals surface area contributed by atoms with Crippen LogP contribution in [-0.2, 0) is 6.42 Å². The first-order valence-electron chi connectivity index (χ1n) is 6.64. The molecule has 0 bridgehead atoms. The van der Waals surface area contributed by atoms with E-state index in [0.717, 1.165) is 24.2 Å². The summed E-state index contributed by atoms with van der Waals surface area (Å²) in [6.07, 6.45) is 2.17. The van der Waals surface area contributed by atoms with Crippen LogP contribution in [0.2, 0.25) is 0 Å². The third-order valence-corrected chi connectivity index (χ3v) is 3.83. The molecule has 2 heterocycles. The van der Waals surface area contributed by atoms with E-state index in [2.05, 4.69) is 29.5 Å². The van der Waals surface area contributed by atoms with Gasteiger partial charge in [0, 0.05) is 24.7 Å². The Morgan fingerprint density at radius 3 is 2.94 bits per heavy atom. The summed E-state index contributed by atoms with van der Waals surface area (Å²) in [5.74, 6) is 1.18. The molecule has 18 heavy (non-hydrogen) atoms. The van der Waals surface area contributed by atoms with E-state index in [4.69, 9.17) is 10.7 Å². The van der Waals surface area contributed by atoms with Gasteiger partial charge < -0.3 is 15.2 Å². The highest BCUT2D eigenvalue weighted by Crippen LogP contribution is 2.28. The zero-order valence-electron chi connectivity index (χ0n) is 11.1. The van der Waals surface area contributed by atoms with Gasteiger partial charge in [-0.05, 0) is 38.2 Å². The second-order valence-corrected chi connectivity index (χ2v) is 5.20. The van der Waals surface area contributed by atoms with Crippen LogP contribution in [-0.4, -0.2) is 34.6 Å². The van der Waals surface area contributed by atoms with Crippen molar-refractivity contribution < 1.29 is 0 Å². The fourth-order valence-corrected chi connectivity index (χ4v) is 2.95. The number of likely N-dealkylation sites (N-methyl/N-ethyl adjacent to an activating group) is 1. The molecule has 1 aliphatic heterocycles. The van der Waals surface area contributed by atoms with E-state index in [1.165, 1.54) is 24.3 Å². The van der Waals surface area contributed by atoms with Gasteiger partial charge in [0.2, 0.25) is 0 Å². The Labute approximate surface area is 107 Å². The molecular formula is C14H20N4. The Kier molecular flexibility index (Phi) is 2.74. The maximum Gasteiger partial charge on any atom is 0.109 e. The Hall–Kier alpha value is -1.55. The lowest BCUT2D eigenvalue weighted by molar-refractivity contribution is 0.392. The number of benzene rings is 1. The Morgan fingerprint density at radius 2 is 2.28 bits per heavy atom. The molecule has 96 valence electrons. The molecule has 1 saturated heterocycles. The van der Waals surface area contributed by atoms with Crippen LogP contribution in [0.15, 0.2) is 18.2 Å². The largest absolute Gasteiger partial charge is 0.399 e. The summed E-state index contributed by atoms with van der Waals surface area (Å²) in [6.45, 7) is 4.45. The third-order valence-electron chi connectivity index (χ3n) is 3.83. The smallest absolute Gasteiger partial charge is 0.109 e. The van der Waals surface area contributed by atoms with Crippen molar-refractivity contribution in [3.63, 3.8) is 0 Å². The van der Waals surface area contributed by atoms with Crippen molar-refractivity contribution in [1.82, 2.24) is 14.5 Å². The lowest BCUT2D eigenvalue weighted by Crippen LogP contribution is -2.17. The van der Waals surface area contributed by atoms with Crippen LogP contribution < -0.4 is 5.73 Å². The van der Waals surface area contributed by atoms with Gasteiger partial charge in [-0.1, -0.05) is 6.92 Å². The number of imidazole rings is 1. The van der Waals surface area contributed by atoms with Gasteiger partial charge >= 0.3 is 0 Å². The highest BCUT2D eigenvalue weighted by Gasteiger charge is 2.24. The molecule has 4 heteroatoms. The van der Waals surface area contributed by atoms with Gasteiger partial charge in [-0.3, -0.25) is 0 Å². The average Bonchev–Trinajstić information content (AvgIpc) is 2.91. The van der Waals surface area contributed by atoms with Crippen molar-refractivity contribution in [2.45, 2.75) is 25.8 Å². The number of nitrogens with zero attached hydrogens (tertiary/aromatic N) is 3. The first-order valence-corrected chi connectivity index (χ1v) is 6.64. The fraction of sp³-hybridized carbons (Fsp3) is 0.500. The van der Waals surface area contributed by atoms with Crippen LogP contribution in [0.25, 0.3) is 11.0 Å². The summed E-state index contributed by atoms with van der Waals surface area (Å²) < 4.78 is 2.41. The number of anilines is 1. The molecule has 1 aromatic carbocycles. The lowest BCUT2D eigenvalue weighted by atomic mass is 10.2. The number of nitrogens with two attached hydrogens (primary N) is 1. The molecule has 0 amide bonds. The predicted octanol–water partition coefficient (Wildman–Crippen LogP) is 2.06. The molecule has 2 N–H and O–H groups in total. The molecule has 0 saturated carbocycles. The van der Waals surface area contributed by atoms with E-state index in [1.54, 1.807) is 0 Å². The molecule has 1 aliphatic rings. The van der Waals surface area contributed by atoms with E-state index in [1.807, 2.05) is 12.1 Å². The van der Waals surface area contributed by atoms with Crippen LogP contribution in [0.3, 0.4) is 0 Å². The predicted molar refractivity (Wildman–Crippen MR) is 74.7 cm³/mol. The van der Waals surface area contributed by atoms with Crippen molar-refractivity contribution in [3.05, 3.63) is 24.0 Å². The van der Waals surface area contributed by atoms with Crippen LogP contribution in [0.1, 0.15) is 25.2 Å². The highest BCUT2D eigenvalue weighted by atomic mass is 15.2. The standard InChI is InChI=1S/C14H20N4/c1-3-14-16-12-8-10(15)4-5-13(12)18(14)11-6-7-17(2)9-11/h4-5,8,11H,3,6-7,9,15H2,1-2H3. The number of fused-ring (bicyclic) bond motifs is 1. The molecule has 1 unspecified atom stereocenters. The Balaban J connectivity index is 2.13. The van der Waals surface area contributed by atoms with E-state index in [-0.39, 0.29) is 0 Å². The van der Waals surface area contributed by atoms with Crippen molar-refractivity contribution in [2.75, 3.05) is 25.9 Å². The van der Waals surface area contributed by atoms with Gasteiger partial charge in [-0.2, -0.15) is 0 Å². The minimum Gasteiger partial charge on any atom is -0.399 e. The van der Waals surface area contributed by atoms with Crippen molar-refractivity contribution in [3.8, 4) is 0 Å². The minimum atomic E-state index is 0.554. The van der Waals surface area contributed by atoms with E-state index < -0.39 is 0 Å². The second-order valence-electron chi connectivity index (χ2n) is 5.20. The van der Waals surface area contributed by atoms with E-state index in [9.17, 15) is 0 Å². The number of hydrogen-bond acceptors (Lipinski definition) is 3. The first-order chi connectivity index (χ1) is 8.69. The summed E-state index contributed by atoms with van der Waals surface area (Å²) in [6, 6.07) is 6.61. The second kappa shape index (κ2) is 4.28. The highest BCUT2D eigenvalue weighted by molar-refractivity contribution is 5.79. The molecule has 2 aromatic rings. The van der Waals surface area contributed by atoms with Gasteiger partial charge in [0.15, 0.2) is 0 Å². The fourth-order valence-electron chi connectivity index (χ4n) is 2.95. The number of aromatic nitrogens is 2. The summed E-state index contributed by atoms with van der Waals surface area (Å²) in [5, 5.41) is 0. The third kappa shape index (κ3) is 1.77. The van der Waals surface area contributed by atoms with Crippen LogP contribution in [0.5, 0.6) is 0 Å². The maximum atomic E-state index is 5.84. The van der Waals surface area contributed by atoms with Crippen LogP contribution in [0.4, 0.5) is 5.69 Å². The molecule has 1 aromatic heterocycles. The minimum absolute atomic E-state index is 0.554.